The average Bonchev–Trinajstić information content (AvgIpc) is 3.23. The molecule has 0 radical (unpaired) electrons. The van der Waals surface area contributed by atoms with Gasteiger partial charge in [-0.05, 0) is 6.92 Å². The smallest absolute Gasteiger partial charge is 0.318 e. The largest absolute Gasteiger partial charge is 0.328 e. The lowest BCUT2D eigenvalue weighted by atomic mass is 10.1. The molecule has 3 heterocycles. The van der Waals surface area contributed by atoms with Crippen molar-refractivity contribution in [2.75, 3.05) is 13.1 Å². The molecule has 2 amide bonds. The van der Waals surface area contributed by atoms with Crippen LogP contribution in [0.2, 0.25) is 0 Å². The van der Waals surface area contributed by atoms with Crippen LogP contribution < -0.4 is 5.32 Å². The van der Waals surface area contributed by atoms with Crippen LogP contribution in [0.25, 0.3) is 11.3 Å². The highest BCUT2D eigenvalue weighted by Gasteiger charge is 2.33. The van der Waals surface area contributed by atoms with Gasteiger partial charge in [-0.25, -0.2) is 9.48 Å². The lowest BCUT2D eigenvalue weighted by molar-refractivity contribution is 0.115. The second kappa shape index (κ2) is 6.58. The van der Waals surface area contributed by atoms with E-state index in [0.29, 0.717) is 13.1 Å². The number of hydrogen-bond donors (Lipinski definition) is 1. The minimum Gasteiger partial charge on any atom is -0.328 e. The molecule has 2 aromatic heterocycles. The van der Waals surface area contributed by atoms with E-state index in [1.165, 1.54) is 0 Å². The Bertz CT molecular complexity index is 896. The van der Waals surface area contributed by atoms with E-state index in [1.54, 1.807) is 15.8 Å². The molecule has 0 saturated carbocycles. The van der Waals surface area contributed by atoms with Crippen LogP contribution in [0, 0.1) is 0 Å². The minimum atomic E-state index is -0.204. The first-order valence-electron chi connectivity index (χ1n) is 8.48. The first-order chi connectivity index (χ1) is 12.6. The second-order valence-corrected chi connectivity index (χ2v) is 6.48. The molecule has 0 spiro atoms. The van der Waals surface area contributed by atoms with Crippen LogP contribution in [0.1, 0.15) is 24.8 Å². The molecule has 3 aromatic rings. The molecule has 26 heavy (non-hydrogen) atoms. The number of amides is 2. The Balaban J connectivity index is 1.33. The van der Waals surface area contributed by atoms with Gasteiger partial charge in [0, 0.05) is 25.7 Å². The predicted octanol–water partition coefficient (Wildman–Crippen LogP) is 1.40. The van der Waals surface area contributed by atoms with Gasteiger partial charge < -0.3 is 14.8 Å². The van der Waals surface area contributed by atoms with Gasteiger partial charge in [0.15, 0.2) is 5.82 Å². The van der Waals surface area contributed by atoms with E-state index in [2.05, 4.69) is 25.8 Å². The molecule has 1 aliphatic heterocycles. The van der Waals surface area contributed by atoms with Crippen molar-refractivity contribution in [3.05, 3.63) is 48.7 Å². The summed E-state index contributed by atoms with van der Waals surface area (Å²) in [6.45, 7) is 3.10. The summed E-state index contributed by atoms with van der Waals surface area (Å²) in [5.74, 6) is 0.721. The molecule has 1 aromatic carbocycles. The third-order valence-electron chi connectivity index (χ3n) is 4.58. The van der Waals surface area contributed by atoms with Gasteiger partial charge in [-0.1, -0.05) is 35.5 Å². The van der Waals surface area contributed by atoms with Crippen LogP contribution in [0.5, 0.6) is 0 Å². The number of nitrogens with zero attached hydrogens (tertiary/aromatic N) is 7. The number of aromatic nitrogens is 6. The molecule has 9 heteroatoms. The zero-order valence-corrected chi connectivity index (χ0v) is 14.6. The molecule has 134 valence electrons. The Kier molecular flexibility index (Phi) is 4.11. The highest BCUT2D eigenvalue weighted by molar-refractivity contribution is 5.75. The second-order valence-electron chi connectivity index (χ2n) is 6.48. The maximum absolute atomic E-state index is 12.4. The monoisotopic (exact) mass is 352 g/mol. The highest BCUT2D eigenvalue weighted by Crippen LogP contribution is 2.23. The standard InChI is InChI=1S/C17H20N8O/c1-12(16-21-18-11-23(16)2)19-17(26)24-8-14(9-24)25-10-15(20-22-25)13-6-4-3-5-7-13/h3-7,10-12,14H,8-9H2,1-2H3,(H,19,26)/t12-/m0/s1. The summed E-state index contributed by atoms with van der Waals surface area (Å²) >= 11 is 0. The van der Waals surface area contributed by atoms with E-state index in [1.807, 2.05) is 55.2 Å². The van der Waals surface area contributed by atoms with Gasteiger partial charge in [0.05, 0.1) is 18.3 Å². The number of hydrogen-bond acceptors (Lipinski definition) is 5. The van der Waals surface area contributed by atoms with Crippen LogP contribution in [0.4, 0.5) is 4.79 Å². The topological polar surface area (TPSA) is 93.8 Å². The Morgan fingerprint density at radius 2 is 2.00 bits per heavy atom. The fraction of sp³-hybridized carbons (Fsp3) is 0.353. The molecule has 0 unspecified atom stereocenters. The van der Waals surface area contributed by atoms with Crippen molar-refractivity contribution < 1.29 is 4.79 Å². The summed E-state index contributed by atoms with van der Waals surface area (Å²) in [6, 6.07) is 9.76. The van der Waals surface area contributed by atoms with Gasteiger partial charge >= 0.3 is 6.03 Å². The van der Waals surface area contributed by atoms with Crippen molar-refractivity contribution in [3.8, 4) is 11.3 Å². The Morgan fingerprint density at radius 3 is 2.69 bits per heavy atom. The Morgan fingerprint density at radius 1 is 1.23 bits per heavy atom. The average molecular weight is 352 g/mol. The zero-order chi connectivity index (χ0) is 18.1. The third kappa shape index (κ3) is 3.03. The lowest BCUT2D eigenvalue weighted by Gasteiger charge is -2.39. The normalized spacial score (nSPS) is 15.5. The van der Waals surface area contributed by atoms with Crippen molar-refractivity contribution in [1.29, 1.82) is 0 Å². The maximum Gasteiger partial charge on any atom is 0.318 e. The number of carbonyl (C=O) groups is 1. The van der Waals surface area contributed by atoms with Gasteiger partial charge in [0.1, 0.15) is 12.0 Å². The fourth-order valence-corrected chi connectivity index (χ4v) is 3.01. The number of aryl methyl sites for hydroxylation is 1. The molecule has 0 aliphatic carbocycles. The molecule has 9 nitrogen and oxygen atoms in total. The lowest BCUT2D eigenvalue weighted by Crippen LogP contribution is -2.54. The third-order valence-corrected chi connectivity index (χ3v) is 4.58. The van der Waals surface area contributed by atoms with Gasteiger partial charge in [-0.3, -0.25) is 0 Å². The molecule has 1 saturated heterocycles. The van der Waals surface area contributed by atoms with Crippen LogP contribution >= 0.6 is 0 Å². The quantitative estimate of drug-likeness (QED) is 0.766. The van der Waals surface area contributed by atoms with Gasteiger partial charge in [-0.15, -0.1) is 15.3 Å². The molecule has 1 fully saturated rings. The molecule has 1 atom stereocenters. The van der Waals surface area contributed by atoms with Crippen LogP contribution in [0.3, 0.4) is 0 Å². The van der Waals surface area contributed by atoms with Crippen molar-refractivity contribution in [1.82, 2.24) is 40.0 Å². The number of carbonyl (C=O) groups excluding carboxylic acids is 1. The predicted molar refractivity (Wildman–Crippen MR) is 94.0 cm³/mol. The van der Waals surface area contributed by atoms with Crippen molar-refractivity contribution in [2.24, 2.45) is 7.05 Å². The number of urea groups is 1. The summed E-state index contributed by atoms with van der Waals surface area (Å²) < 4.78 is 3.63. The highest BCUT2D eigenvalue weighted by atomic mass is 16.2. The first-order valence-corrected chi connectivity index (χ1v) is 8.48. The van der Waals surface area contributed by atoms with E-state index in [9.17, 15) is 4.79 Å². The van der Waals surface area contributed by atoms with Crippen molar-refractivity contribution in [2.45, 2.75) is 19.0 Å². The molecular weight excluding hydrogens is 332 g/mol. The minimum absolute atomic E-state index is 0.111. The number of likely N-dealkylation sites (tertiary alicyclic amines) is 1. The summed E-state index contributed by atoms with van der Waals surface area (Å²) in [4.78, 5) is 14.1. The number of nitrogens with one attached hydrogen (secondary N) is 1. The van der Waals surface area contributed by atoms with Gasteiger partial charge in [0.25, 0.3) is 0 Å². The molecular formula is C17H20N8O. The SMILES string of the molecule is C[C@H](NC(=O)N1CC(n2cc(-c3ccccc3)nn2)C1)c1nncn1C. The summed E-state index contributed by atoms with van der Waals surface area (Å²) in [5, 5.41) is 19.2. The molecule has 0 bridgehead atoms. The van der Waals surface area contributed by atoms with Crippen molar-refractivity contribution >= 4 is 6.03 Å². The molecule has 1 aliphatic rings. The van der Waals surface area contributed by atoms with Crippen LogP contribution in [-0.2, 0) is 7.05 Å². The Hall–Kier alpha value is -3.23. The van der Waals surface area contributed by atoms with E-state index < -0.39 is 0 Å². The fourth-order valence-electron chi connectivity index (χ4n) is 3.01. The van der Waals surface area contributed by atoms with Crippen LogP contribution in [-0.4, -0.2) is 53.8 Å². The van der Waals surface area contributed by atoms with Gasteiger partial charge in [0.2, 0.25) is 0 Å². The van der Waals surface area contributed by atoms with E-state index in [4.69, 9.17) is 0 Å². The van der Waals surface area contributed by atoms with E-state index in [0.717, 1.165) is 17.1 Å². The molecule has 1 N–H and O–H groups in total. The van der Waals surface area contributed by atoms with Crippen molar-refractivity contribution in [3.63, 3.8) is 0 Å². The van der Waals surface area contributed by atoms with Gasteiger partial charge in [-0.2, -0.15) is 0 Å². The molecule has 4 rings (SSSR count). The summed E-state index contributed by atoms with van der Waals surface area (Å²) in [5.41, 5.74) is 1.87. The summed E-state index contributed by atoms with van der Waals surface area (Å²) in [6.07, 6.45) is 3.55. The number of benzene rings is 1. The maximum atomic E-state index is 12.4. The van der Waals surface area contributed by atoms with Crippen LogP contribution in [0.15, 0.2) is 42.9 Å². The summed E-state index contributed by atoms with van der Waals surface area (Å²) in [7, 11) is 1.85. The zero-order valence-electron chi connectivity index (χ0n) is 14.6. The van der Waals surface area contributed by atoms with E-state index >= 15 is 0 Å². The first kappa shape index (κ1) is 16.2. The Labute approximate surface area is 150 Å². The number of rotatable bonds is 4. The van der Waals surface area contributed by atoms with E-state index in [-0.39, 0.29) is 18.1 Å².